The summed E-state index contributed by atoms with van der Waals surface area (Å²) in [5.41, 5.74) is -1.38. The number of rotatable bonds is 7. The second kappa shape index (κ2) is 14.3. The van der Waals surface area contributed by atoms with Crippen LogP contribution in [0.25, 0.3) is 11.4 Å². The summed E-state index contributed by atoms with van der Waals surface area (Å²) in [5.74, 6) is -1.09. The van der Waals surface area contributed by atoms with E-state index in [0.717, 1.165) is 43.4 Å². The second-order valence-corrected chi connectivity index (χ2v) is 13.9. The summed E-state index contributed by atoms with van der Waals surface area (Å²) in [7, 11) is 0. The number of carboxylic acids is 1. The number of carbonyl (C=O) groups is 4. The molecule has 3 fully saturated rings. The Bertz CT molecular complexity index is 1440. The van der Waals surface area contributed by atoms with Gasteiger partial charge in [0.1, 0.15) is 29.0 Å². The summed E-state index contributed by atoms with van der Waals surface area (Å²) in [6.45, 7) is 7.95. The van der Waals surface area contributed by atoms with Gasteiger partial charge in [0.2, 0.25) is 17.6 Å². The number of fused-ring (bicyclic) bond motifs is 2. The van der Waals surface area contributed by atoms with Crippen molar-refractivity contribution in [3.63, 3.8) is 0 Å². The Hall–Kier alpha value is -4.23. The lowest BCUT2D eigenvalue weighted by atomic mass is 10.0. The summed E-state index contributed by atoms with van der Waals surface area (Å²) in [6.07, 6.45) is 6.04. The summed E-state index contributed by atoms with van der Waals surface area (Å²) in [5, 5.41) is 28.8. The van der Waals surface area contributed by atoms with Gasteiger partial charge in [0.25, 0.3) is 0 Å². The fraction of sp³-hybridized carbons (Fsp3) is 0.667. The van der Waals surface area contributed by atoms with Crippen molar-refractivity contribution in [2.24, 2.45) is 5.92 Å². The molecule has 3 amide bonds. The molecule has 14 heteroatoms. The fourth-order valence-corrected chi connectivity index (χ4v) is 6.52. The normalized spacial score (nSPS) is 27.0. The Balaban J connectivity index is 1.40. The number of alkyl carbamates (subject to hydrolysis) is 1. The van der Waals surface area contributed by atoms with Crippen molar-refractivity contribution in [3.05, 3.63) is 24.3 Å². The van der Waals surface area contributed by atoms with Crippen molar-refractivity contribution in [2.75, 3.05) is 13.2 Å². The van der Waals surface area contributed by atoms with E-state index in [1.54, 1.807) is 20.8 Å². The first-order chi connectivity index (χ1) is 22.4. The van der Waals surface area contributed by atoms with Gasteiger partial charge in [-0.25, -0.2) is 9.59 Å². The second-order valence-electron chi connectivity index (χ2n) is 13.9. The molecule has 5 atom stereocenters. The van der Waals surface area contributed by atoms with Crippen LogP contribution in [0.5, 0.6) is 5.75 Å². The van der Waals surface area contributed by atoms with Crippen LogP contribution in [-0.4, -0.2) is 90.5 Å². The molecule has 2 saturated heterocycles. The number of carboxylic acid groups (broad SMARTS) is 1. The van der Waals surface area contributed by atoms with Gasteiger partial charge in [-0.3, -0.25) is 9.59 Å². The van der Waals surface area contributed by atoms with E-state index in [2.05, 4.69) is 26.0 Å². The van der Waals surface area contributed by atoms with Crippen LogP contribution in [0.4, 0.5) is 4.79 Å². The molecule has 0 radical (unpaired) electrons. The molecular formula is C33H47N7O7. The number of tetrazole rings is 1. The van der Waals surface area contributed by atoms with Crippen LogP contribution < -0.4 is 15.4 Å². The van der Waals surface area contributed by atoms with Crippen LogP contribution in [0.2, 0.25) is 0 Å². The van der Waals surface area contributed by atoms with Gasteiger partial charge in [-0.05, 0) is 81.9 Å². The standard InChI is InChI=1S/C33H47N7O7/c1-5-17-46-24-15-13-21(14-16-24)27-36-38-40(37-27)23-18-26-28(41)35-33(30(43)44)19-22(33)11-9-7-6-8-10-12-25(29(42)39(26)20-23)34-31(45)47-32(2,3)4/h13-16,22-23,25-26H,5-12,17-20H2,1-4H3,(H,34,45)(H,35,41)(H,43,44)/t22-,23+,25+,26+,33+/m1/s1. The highest BCUT2D eigenvalue weighted by atomic mass is 16.6. The fourth-order valence-electron chi connectivity index (χ4n) is 6.52. The summed E-state index contributed by atoms with van der Waals surface area (Å²) in [4.78, 5) is 56.2. The number of aromatic nitrogens is 4. The summed E-state index contributed by atoms with van der Waals surface area (Å²) >= 11 is 0. The zero-order valence-corrected chi connectivity index (χ0v) is 27.7. The van der Waals surface area contributed by atoms with Gasteiger partial charge in [-0.15, -0.1) is 10.2 Å². The minimum Gasteiger partial charge on any atom is -0.494 e. The van der Waals surface area contributed by atoms with E-state index in [-0.39, 0.29) is 18.9 Å². The molecule has 256 valence electrons. The number of carbonyl (C=O) groups excluding carboxylic acids is 3. The number of nitrogens with one attached hydrogen (secondary N) is 2. The van der Waals surface area contributed by atoms with Crippen LogP contribution in [0.15, 0.2) is 24.3 Å². The van der Waals surface area contributed by atoms with Crippen molar-refractivity contribution in [3.8, 4) is 17.1 Å². The Morgan fingerprint density at radius 3 is 2.47 bits per heavy atom. The Labute approximate surface area is 274 Å². The molecule has 2 aromatic rings. The highest BCUT2D eigenvalue weighted by Crippen LogP contribution is 2.47. The average Bonchev–Trinajstić information content (AvgIpc) is 3.33. The molecule has 0 unspecified atom stereocenters. The first-order valence-electron chi connectivity index (χ1n) is 16.8. The predicted octanol–water partition coefficient (Wildman–Crippen LogP) is 3.87. The molecule has 3 aliphatic rings. The zero-order chi connectivity index (χ0) is 33.8. The van der Waals surface area contributed by atoms with Gasteiger partial charge in [0.05, 0.1) is 12.6 Å². The number of nitrogens with zero attached hydrogens (tertiary/aromatic N) is 5. The van der Waals surface area contributed by atoms with Crippen LogP contribution >= 0.6 is 0 Å². The third-order valence-electron chi connectivity index (χ3n) is 9.07. The monoisotopic (exact) mass is 653 g/mol. The molecule has 0 spiro atoms. The number of hydrogen-bond acceptors (Lipinski definition) is 9. The van der Waals surface area contributed by atoms with Crippen molar-refractivity contribution in [1.29, 1.82) is 0 Å². The van der Waals surface area contributed by atoms with Gasteiger partial charge in [0.15, 0.2) is 0 Å². The summed E-state index contributed by atoms with van der Waals surface area (Å²) in [6, 6.07) is 4.91. The minimum absolute atomic E-state index is 0.0759. The van der Waals surface area contributed by atoms with Gasteiger partial charge in [-0.2, -0.15) is 4.80 Å². The highest BCUT2D eigenvalue weighted by Gasteiger charge is 2.62. The van der Waals surface area contributed by atoms with Crippen molar-refractivity contribution in [2.45, 2.75) is 121 Å². The average molecular weight is 654 g/mol. The van der Waals surface area contributed by atoms with Crippen molar-refractivity contribution >= 4 is 23.9 Å². The quantitative estimate of drug-likeness (QED) is 0.397. The summed E-state index contributed by atoms with van der Waals surface area (Å²) < 4.78 is 11.1. The molecule has 3 heterocycles. The topological polar surface area (TPSA) is 178 Å². The molecule has 5 rings (SSSR count). The van der Waals surface area contributed by atoms with Crippen molar-refractivity contribution < 1.29 is 33.8 Å². The molecule has 47 heavy (non-hydrogen) atoms. The molecule has 1 aromatic heterocycles. The van der Waals surface area contributed by atoms with E-state index < -0.39 is 53.1 Å². The maximum absolute atomic E-state index is 14.2. The molecular weight excluding hydrogens is 606 g/mol. The largest absolute Gasteiger partial charge is 0.494 e. The number of benzene rings is 1. The lowest BCUT2D eigenvalue weighted by Gasteiger charge is -2.30. The Morgan fingerprint density at radius 2 is 1.79 bits per heavy atom. The van der Waals surface area contributed by atoms with E-state index in [9.17, 15) is 24.3 Å². The smallest absolute Gasteiger partial charge is 0.408 e. The van der Waals surface area contributed by atoms with E-state index in [1.165, 1.54) is 9.70 Å². The Morgan fingerprint density at radius 1 is 1.09 bits per heavy atom. The molecule has 14 nitrogen and oxygen atoms in total. The highest BCUT2D eigenvalue weighted by molar-refractivity contribution is 5.95. The van der Waals surface area contributed by atoms with E-state index in [0.29, 0.717) is 38.1 Å². The third-order valence-corrected chi connectivity index (χ3v) is 9.07. The van der Waals surface area contributed by atoms with Crippen molar-refractivity contribution in [1.82, 2.24) is 35.7 Å². The zero-order valence-electron chi connectivity index (χ0n) is 27.7. The molecule has 2 aliphatic heterocycles. The van der Waals surface area contributed by atoms with Crippen LogP contribution in [0.3, 0.4) is 0 Å². The van der Waals surface area contributed by atoms with Crippen LogP contribution in [-0.2, 0) is 19.1 Å². The third kappa shape index (κ3) is 8.20. The first-order valence-corrected chi connectivity index (χ1v) is 16.8. The van der Waals surface area contributed by atoms with Crippen LogP contribution in [0.1, 0.15) is 97.9 Å². The van der Waals surface area contributed by atoms with E-state index >= 15 is 0 Å². The molecule has 1 aliphatic carbocycles. The lowest BCUT2D eigenvalue weighted by molar-refractivity contribution is -0.146. The first kappa shape index (κ1) is 34.1. The maximum Gasteiger partial charge on any atom is 0.408 e. The van der Waals surface area contributed by atoms with Gasteiger partial charge in [-0.1, -0.05) is 39.0 Å². The maximum atomic E-state index is 14.2. The van der Waals surface area contributed by atoms with Crippen LogP contribution in [0, 0.1) is 5.92 Å². The van der Waals surface area contributed by atoms with Gasteiger partial charge in [0, 0.05) is 18.5 Å². The molecule has 0 bridgehead atoms. The number of hydrogen-bond donors (Lipinski definition) is 3. The lowest BCUT2D eigenvalue weighted by Crippen LogP contribution is -2.56. The Kier molecular flexibility index (Phi) is 10.4. The molecule has 1 aromatic carbocycles. The van der Waals surface area contributed by atoms with Gasteiger partial charge < -0.3 is 30.1 Å². The van der Waals surface area contributed by atoms with E-state index in [1.807, 2.05) is 31.2 Å². The molecule has 1 saturated carbocycles. The number of aliphatic carboxylic acids is 1. The SMILES string of the molecule is CCCOc1ccc(-c2nnn([C@H]3C[C@H]4C(=O)N[C@@]5(C(=O)O)C[C@H]5CCCCCCC[C@H](NC(=O)OC(C)(C)C)C(=O)N4C3)n2)cc1. The predicted molar refractivity (Wildman–Crippen MR) is 170 cm³/mol. The van der Waals surface area contributed by atoms with E-state index in [4.69, 9.17) is 9.47 Å². The molecule has 3 N–H and O–H groups in total. The number of amides is 3. The van der Waals surface area contributed by atoms with Gasteiger partial charge >= 0.3 is 12.1 Å². The number of ether oxygens (including phenoxy) is 2. The minimum atomic E-state index is -1.34.